The molecule has 1 aliphatic carbocycles. The summed E-state index contributed by atoms with van der Waals surface area (Å²) in [6.07, 6.45) is 2.26. The highest BCUT2D eigenvalue weighted by atomic mass is 32.2. The average Bonchev–Trinajstić information content (AvgIpc) is 2.73. The van der Waals surface area contributed by atoms with Crippen LogP contribution >= 0.6 is 0 Å². The van der Waals surface area contributed by atoms with Gasteiger partial charge < -0.3 is 5.11 Å². The van der Waals surface area contributed by atoms with E-state index < -0.39 is 16.1 Å². The lowest BCUT2D eigenvalue weighted by Crippen LogP contribution is -2.41. The van der Waals surface area contributed by atoms with Crippen LogP contribution in [0.4, 0.5) is 0 Å². The average molecular weight is 269 g/mol. The Morgan fingerprint density at radius 2 is 1.94 bits per heavy atom. The molecule has 100 valence electrons. The van der Waals surface area contributed by atoms with Gasteiger partial charge in [0.05, 0.1) is 11.9 Å². The predicted octanol–water partition coefficient (Wildman–Crippen LogP) is 1.06. The van der Waals surface area contributed by atoms with Crippen LogP contribution in [0.1, 0.15) is 24.8 Å². The molecular formula is C13H19NO3S. The topological polar surface area (TPSA) is 66.4 Å². The third-order valence-electron chi connectivity index (χ3n) is 3.31. The van der Waals surface area contributed by atoms with E-state index in [0.29, 0.717) is 12.8 Å². The van der Waals surface area contributed by atoms with E-state index in [1.54, 1.807) is 0 Å². The van der Waals surface area contributed by atoms with Crippen LogP contribution < -0.4 is 4.72 Å². The molecule has 2 rings (SSSR count). The van der Waals surface area contributed by atoms with Crippen LogP contribution in [0.15, 0.2) is 30.3 Å². The van der Waals surface area contributed by atoms with Crippen molar-refractivity contribution < 1.29 is 13.5 Å². The van der Waals surface area contributed by atoms with E-state index in [2.05, 4.69) is 4.72 Å². The first kappa shape index (κ1) is 13.5. The third kappa shape index (κ3) is 3.80. The number of aliphatic hydroxyl groups is 1. The molecule has 4 nitrogen and oxygen atoms in total. The number of nitrogens with one attached hydrogen (secondary N) is 1. The first-order chi connectivity index (χ1) is 8.57. The van der Waals surface area contributed by atoms with Crippen LogP contribution in [0.25, 0.3) is 0 Å². The van der Waals surface area contributed by atoms with Gasteiger partial charge in [-0.1, -0.05) is 30.3 Å². The van der Waals surface area contributed by atoms with Crippen molar-refractivity contribution in [1.82, 2.24) is 4.72 Å². The Balaban J connectivity index is 1.88. The Kier molecular flexibility index (Phi) is 4.37. The Hall–Kier alpha value is -0.910. The normalized spacial score (nSPS) is 24.3. The first-order valence-electron chi connectivity index (χ1n) is 6.29. The summed E-state index contributed by atoms with van der Waals surface area (Å²) in [6, 6.07) is 9.24. The van der Waals surface area contributed by atoms with Crippen LogP contribution in [0, 0.1) is 0 Å². The minimum atomic E-state index is -3.31. The summed E-state index contributed by atoms with van der Waals surface area (Å²) in [4.78, 5) is 0. The molecule has 2 N–H and O–H groups in total. The smallest absolute Gasteiger partial charge is 0.212 e. The summed E-state index contributed by atoms with van der Waals surface area (Å²) in [5.74, 6) is 0.0697. The first-order valence-corrected chi connectivity index (χ1v) is 7.94. The molecule has 1 aliphatic rings. The zero-order valence-corrected chi connectivity index (χ0v) is 11.1. The van der Waals surface area contributed by atoms with E-state index in [-0.39, 0.29) is 11.8 Å². The lowest BCUT2D eigenvalue weighted by molar-refractivity contribution is 0.159. The lowest BCUT2D eigenvalue weighted by atomic mass is 10.2. The van der Waals surface area contributed by atoms with Gasteiger partial charge in [-0.3, -0.25) is 0 Å². The summed E-state index contributed by atoms with van der Waals surface area (Å²) < 4.78 is 26.4. The summed E-state index contributed by atoms with van der Waals surface area (Å²) in [5, 5.41) is 9.61. The molecule has 5 heteroatoms. The van der Waals surface area contributed by atoms with Gasteiger partial charge >= 0.3 is 0 Å². The molecule has 0 heterocycles. The maximum atomic E-state index is 11.9. The number of rotatable bonds is 5. The molecule has 0 unspecified atom stereocenters. The Morgan fingerprint density at radius 1 is 1.22 bits per heavy atom. The molecule has 0 spiro atoms. The van der Waals surface area contributed by atoms with Crippen LogP contribution in [0.5, 0.6) is 0 Å². The number of aryl methyl sites for hydroxylation is 1. The van der Waals surface area contributed by atoms with E-state index >= 15 is 0 Å². The van der Waals surface area contributed by atoms with Gasteiger partial charge in [-0.2, -0.15) is 0 Å². The van der Waals surface area contributed by atoms with Crippen molar-refractivity contribution in [2.24, 2.45) is 0 Å². The Bertz CT molecular complexity index is 472. The van der Waals surface area contributed by atoms with Gasteiger partial charge in [0.2, 0.25) is 10.0 Å². The third-order valence-corrected chi connectivity index (χ3v) is 4.72. The number of benzene rings is 1. The van der Waals surface area contributed by atoms with Gasteiger partial charge in [-0.15, -0.1) is 0 Å². The van der Waals surface area contributed by atoms with Gasteiger partial charge in [0.1, 0.15) is 0 Å². The van der Waals surface area contributed by atoms with Crippen molar-refractivity contribution in [3.05, 3.63) is 35.9 Å². The zero-order chi connectivity index (χ0) is 13.0. The van der Waals surface area contributed by atoms with Crippen LogP contribution in [-0.4, -0.2) is 31.4 Å². The highest BCUT2D eigenvalue weighted by Gasteiger charge is 2.28. The standard InChI is InChI=1S/C13H19NO3S/c15-13-8-4-7-12(13)14-18(16,17)10-9-11-5-2-1-3-6-11/h1-3,5-6,12-15H,4,7-10H2/t12-,13+/m0/s1. The number of hydrogen-bond donors (Lipinski definition) is 2. The van der Waals surface area contributed by atoms with Crippen molar-refractivity contribution >= 4 is 10.0 Å². The second-order valence-corrected chi connectivity index (χ2v) is 6.65. The number of sulfonamides is 1. The molecule has 1 aromatic carbocycles. The minimum absolute atomic E-state index is 0.0697. The van der Waals surface area contributed by atoms with Crippen molar-refractivity contribution in [1.29, 1.82) is 0 Å². The van der Waals surface area contributed by atoms with Gasteiger partial charge in [-0.05, 0) is 31.2 Å². The SMILES string of the molecule is O=S(=O)(CCc1ccccc1)N[C@H]1CCC[C@H]1O. The fourth-order valence-corrected chi connectivity index (χ4v) is 3.62. The molecule has 1 aromatic rings. The van der Waals surface area contributed by atoms with Crippen molar-refractivity contribution in [2.45, 2.75) is 37.8 Å². The van der Waals surface area contributed by atoms with Crippen LogP contribution in [0.2, 0.25) is 0 Å². The summed E-state index contributed by atoms with van der Waals surface area (Å²) in [7, 11) is -3.31. The molecule has 0 bridgehead atoms. The molecule has 1 fully saturated rings. The zero-order valence-electron chi connectivity index (χ0n) is 10.2. The molecule has 0 aromatic heterocycles. The molecule has 1 saturated carbocycles. The van der Waals surface area contributed by atoms with Gasteiger partial charge in [0.15, 0.2) is 0 Å². The fraction of sp³-hybridized carbons (Fsp3) is 0.538. The highest BCUT2D eigenvalue weighted by molar-refractivity contribution is 7.89. The maximum Gasteiger partial charge on any atom is 0.212 e. The van der Waals surface area contributed by atoms with Gasteiger partial charge in [0.25, 0.3) is 0 Å². The van der Waals surface area contributed by atoms with Gasteiger partial charge in [-0.25, -0.2) is 13.1 Å². The second kappa shape index (κ2) is 5.82. The largest absolute Gasteiger partial charge is 0.391 e. The lowest BCUT2D eigenvalue weighted by Gasteiger charge is -2.16. The van der Waals surface area contributed by atoms with Crippen molar-refractivity contribution in [3.8, 4) is 0 Å². The van der Waals surface area contributed by atoms with E-state index in [0.717, 1.165) is 18.4 Å². The quantitative estimate of drug-likeness (QED) is 0.840. The highest BCUT2D eigenvalue weighted by Crippen LogP contribution is 2.19. The predicted molar refractivity (Wildman–Crippen MR) is 70.7 cm³/mol. The maximum absolute atomic E-state index is 11.9. The monoisotopic (exact) mass is 269 g/mol. The van der Waals surface area contributed by atoms with Crippen molar-refractivity contribution in [3.63, 3.8) is 0 Å². The van der Waals surface area contributed by atoms with Crippen molar-refractivity contribution in [2.75, 3.05) is 5.75 Å². The molecule has 18 heavy (non-hydrogen) atoms. The summed E-state index contributed by atoms with van der Waals surface area (Å²) in [5.41, 5.74) is 1.01. The molecule has 0 saturated heterocycles. The second-order valence-electron chi connectivity index (χ2n) is 4.78. The molecule has 2 atom stereocenters. The number of aliphatic hydroxyl groups excluding tert-OH is 1. The van der Waals surface area contributed by atoms with Crippen LogP contribution in [0.3, 0.4) is 0 Å². The van der Waals surface area contributed by atoms with E-state index in [1.807, 2.05) is 30.3 Å². The summed E-state index contributed by atoms with van der Waals surface area (Å²) in [6.45, 7) is 0. The van der Waals surface area contributed by atoms with E-state index in [1.165, 1.54) is 0 Å². The molecule has 0 amide bonds. The van der Waals surface area contributed by atoms with E-state index in [9.17, 15) is 13.5 Å². The Morgan fingerprint density at radius 3 is 2.56 bits per heavy atom. The fourth-order valence-electron chi connectivity index (χ4n) is 2.26. The van der Waals surface area contributed by atoms with E-state index in [4.69, 9.17) is 0 Å². The molecule has 0 aliphatic heterocycles. The molecular weight excluding hydrogens is 250 g/mol. The molecule has 0 radical (unpaired) electrons. The Labute approximate surface area is 108 Å². The van der Waals surface area contributed by atoms with Gasteiger partial charge in [0, 0.05) is 6.04 Å². The number of hydrogen-bond acceptors (Lipinski definition) is 3. The summed E-state index contributed by atoms with van der Waals surface area (Å²) >= 11 is 0. The minimum Gasteiger partial charge on any atom is -0.391 e. The van der Waals surface area contributed by atoms with Crippen LogP contribution in [-0.2, 0) is 16.4 Å².